The number of hydrogen-bond acceptors (Lipinski definition) is 6. The first kappa shape index (κ1) is 20.2. The van der Waals surface area contributed by atoms with Gasteiger partial charge in [-0.3, -0.25) is 14.9 Å². The largest absolute Gasteiger partial charge is 0.497 e. The van der Waals surface area contributed by atoms with E-state index in [1.54, 1.807) is 18.2 Å². The number of alkyl halides is 3. The minimum atomic E-state index is -4.53. The highest BCUT2D eigenvalue weighted by Crippen LogP contribution is 2.29. The van der Waals surface area contributed by atoms with E-state index in [1.165, 1.54) is 14.2 Å². The molecule has 1 heterocycles. The lowest BCUT2D eigenvalue weighted by Gasteiger charge is -2.32. The number of anilines is 1. The number of nitrogens with one attached hydrogen (secondary N) is 3. The Labute approximate surface area is 152 Å². The molecule has 11 heteroatoms. The van der Waals surface area contributed by atoms with Crippen LogP contribution in [0.25, 0.3) is 0 Å². The Balaban J connectivity index is 1.91. The summed E-state index contributed by atoms with van der Waals surface area (Å²) in [5.41, 5.74) is -0.612. The normalized spacial score (nSPS) is 20.3. The van der Waals surface area contributed by atoms with Crippen LogP contribution in [-0.4, -0.2) is 49.5 Å². The van der Waals surface area contributed by atoms with Gasteiger partial charge in [0.1, 0.15) is 23.0 Å². The second-order valence-corrected chi connectivity index (χ2v) is 6.43. The molecule has 0 aromatic heterocycles. The van der Waals surface area contributed by atoms with Gasteiger partial charge in [0.15, 0.2) is 0 Å². The number of ether oxygens (including phenoxy) is 2. The standard InChI is InChI=1S/C15H18F3N3O4S/c1-24-8-3-4-9(10(5-8)25-2)19-13(23)7-26-14-20-11(15(16,17)18)6-12(22)21-14/h3-5,11,14,20H,6-7H2,1-2H3,(H,19,23)(H,21,22). The third kappa shape index (κ3) is 5.43. The van der Waals surface area contributed by atoms with Crippen molar-refractivity contribution in [1.82, 2.24) is 10.6 Å². The topological polar surface area (TPSA) is 88.7 Å². The molecule has 1 aromatic carbocycles. The zero-order valence-corrected chi connectivity index (χ0v) is 14.8. The quantitative estimate of drug-likeness (QED) is 0.682. The first-order valence-corrected chi connectivity index (χ1v) is 8.53. The van der Waals surface area contributed by atoms with E-state index in [0.29, 0.717) is 17.2 Å². The molecule has 144 valence electrons. The highest BCUT2D eigenvalue weighted by Gasteiger charge is 2.44. The predicted octanol–water partition coefficient (Wildman–Crippen LogP) is 1.70. The van der Waals surface area contributed by atoms with Crippen LogP contribution in [0.5, 0.6) is 11.5 Å². The van der Waals surface area contributed by atoms with E-state index in [4.69, 9.17) is 9.47 Å². The van der Waals surface area contributed by atoms with Crippen LogP contribution in [0.15, 0.2) is 18.2 Å². The molecule has 1 fully saturated rings. The van der Waals surface area contributed by atoms with E-state index in [-0.39, 0.29) is 5.75 Å². The van der Waals surface area contributed by atoms with Gasteiger partial charge in [0, 0.05) is 6.07 Å². The van der Waals surface area contributed by atoms with Gasteiger partial charge in [0.25, 0.3) is 0 Å². The summed E-state index contributed by atoms with van der Waals surface area (Å²) < 4.78 is 48.5. The first-order valence-electron chi connectivity index (χ1n) is 7.48. The van der Waals surface area contributed by atoms with Gasteiger partial charge in [-0.1, -0.05) is 0 Å². The van der Waals surface area contributed by atoms with Crippen LogP contribution in [0, 0.1) is 0 Å². The number of halogens is 3. The third-order valence-corrected chi connectivity index (χ3v) is 4.51. The van der Waals surface area contributed by atoms with Gasteiger partial charge in [-0.05, 0) is 12.1 Å². The second kappa shape index (κ2) is 8.49. The van der Waals surface area contributed by atoms with E-state index >= 15 is 0 Å². The predicted molar refractivity (Wildman–Crippen MR) is 90.2 cm³/mol. The minimum absolute atomic E-state index is 0.169. The average molecular weight is 393 g/mol. The number of thioether (sulfide) groups is 1. The molecular weight excluding hydrogens is 375 g/mol. The number of carbonyl (C=O) groups excluding carboxylic acids is 2. The molecule has 1 saturated heterocycles. The summed E-state index contributed by atoms with van der Waals surface area (Å²) in [4.78, 5) is 23.5. The Hall–Kier alpha value is -2.14. The zero-order valence-electron chi connectivity index (χ0n) is 14.0. The fourth-order valence-electron chi connectivity index (χ4n) is 2.22. The maximum Gasteiger partial charge on any atom is 0.404 e. The maximum absolute atomic E-state index is 12.8. The molecule has 0 bridgehead atoms. The second-order valence-electron chi connectivity index (χ2n) is 5.34. The van der Waals surface area contributed by atoms with Gasteiger partial charge >= 0.3 is 6.18 Å². The number of rotatable bonds is 6. The summed E-state index contributed by atoms with van der Waals surface area (Å²) >= 11 is 0.849. The average Bonchev–Trinajstić information content (AvgIpc) is 2.59. The molecule has 1 aliphatic heterocycles. The van der Waals surface area contributed by atoms with Gasteiger partial charge in [0.05, 0.1) is 32.1 Å². The van der Waals surface area contributed by atoms with Crippen LogP contribution in [0.4, 0.5) is 18.9 Å². The third-order valence-electron chi connectivity index (χ3n) is 3.49. The van der Waals surface area contributed by atoms with Crippen molar-refractivity contribution in [2.75, 3.05) is 25.3 Å². The van der Waals surface area contributed by atoms with Crippen LogP contribution < -0.4 is 25.4 Å². The van der Waals surface area contributed by atoms with E-state index in [2.05, 4.69) is 16.0 Å². The van der Waals surface area contributed by atoms with Crippen molar-refractivity contribution < 1.29 is 32.2 Å². The van der Waals surface area contributed by atoms with E-state index in [0.717, 1.165) is 11.8 Å². The molecule has 2 unspecified atom stereocenters. The molecule has 0 aliphatic carbocycles. The summed E-state index contributed by atoms with van der Waals surface area (Å²) in [6.07, 6.45) is -5.22. The van der Waals surface area contributed by atoms with Crippen molar-refractivity contribution in [3.63, 3.8) is 0 Å². The van der Waals surface area contributed by atoms with Crippen molar-refractivity contribution in [3.05, 3.63) is 18.2 Å². The lowest BCUT2D eigenvalue weighted by molar-refractivity contribution is -0.167. The number of benzene rings is 1. The molecule has 3 N–H and O–H groups in total. The van der Waals surface area contributed by atoms with Crippen molar-refractivity contribution in [1.29, 1.82) is 0 Å². The molecular formula is C15H18F3N3O4S. The summed E-state index contributed by atoms with van der Waals surface area (Å²) in [6.45, 7) is 0. The van der Waals surface area contributed by atoms with Crippen molar-refractivity contribution in [3.8, 4) is 11.5 Å². The Morgan fingerprint density at radius 2 is 2.08 bits per heavy atom. The van der Waals surface area contributed by atoms with Crippen LogP contribution in [-0.2, 0) is 9.59 Å². The molecule has 0 radical (unpaired) electrons. The van der Waals surface area contributed by atoms with Gasteiger partial charge in [-0.2, -0.15) is 13.2 Å². The lowest BCUT2D eigenvalue weighted by atomic mass is 10.1. The van der Waals surface area contributed by atoms with Crippen LogP contribution >= 0.6 is 11.8 Å². The van der Waals surface area contributed by atoms with Crippen LogP contribution in [0.2, 0.25) is 0 Å². The van der Waals surface area contributed by atoms with Gasteiger partial charge in [0.2, 0.25) is 11.8 Å². The Morgan fingerprint density at radius 3 is 2.69 bits per heavy atom. The van der Waals surface area contributed by atoms with Crippen molar-refractivity contribution in [2.24, 2.45) is 0 Å². The zero-order chi connectivity index (χ0) is 19.3. The van der Waals surface area contributed by atoms with Crippen LogP contribution in [0.1, 0.15) is 6.42 Å². The maximum atomic E-state index is 12.8. The molecule has 2 atom stereocenters. The van der Waals surface area contributed by atoms with Crippen molar-refractivity contribution >= 4 is 29.3 Å². The van der Waals surface area contributed by atoms with E-state index < -0.39 is 36.0 Å². The van der Waals surface area contributed by atoms with Gasteiger partial charge in [-0.25, -0.2) is 0 Å². The Kier molecular flexibility index (Phi) is 6.59. The Morgan fingerprint density at radius 1 is 1.35 bits per heavy atom. The molecule has 0 spiro atoms. The molecule has 26 heavy (non-hydrogen) atoms. The van der Waals surface area contributed by atoms with Crippen molar-refractivity contribution in [2.45, 2.75) is 24.1 Å². The fourth-order valence-corrected chi connectivity index (χ4v) is 3.09. The summed E-state index contributed by atoms with van der Waals surface area (Å²) in [5, 5.41) is 7.23. The SMILES string of the molecule is COc1ccc(NC(=O)CSC2NC(=O)CC(C(F)(F)F)N2)c(OC)c1. The number of amides is 2. The van der Waals surface area contributed by atoms with Crippen LogP contribution in [0.3, 0.4) is 0 Å². The molecule has 0 saturated carbocycles. The minimum Gasteiger partial charge on any atom is -0.497 e. The monoisotopic (exact) mass is 393 g/mol. The Bertz CT molecular complexity index is 672. The molecule has 1 aromatic rings. The van der Waals surface area contributed by atoms with E-state index in [1.807, 2.05) is 0 Å². The van der Waals surface area contributed by atoms with E-state index in [9.17, 15) is 22.8 Å². The summed E-state index contributed by atoms with van der Waals surface area (Å²) in [5.74, 6) is -0.424. The molecule has 7 nitrogen and oxygen atoms in total. The first-order chi connectivity index (χ1) is 12.2. The highest BCUT2D eigenvalue weighted by atomic mass is 32.2. The molecule has 2 amide bonds. The highest BCUT2D eigenvalue weighted by molar-refractivity contribution is 8.00. The molecule has 2 rings (SSSR count). The lowest BCUT2D eigenvalue weighted by Crippen LogP contribution is -2.59. The summed E-state index contributed by atoms with van der Waals surface area (Å²) in [7, 11) is 2.92. The number of hydrogen-bond donors (Lipinski definition) is 3. The molecule has 1 aliphatic rings. The smallest absolute Gasteiger partial charge is 0.404 e. The van der Waals surface area contributed by atoms with Gasteiger partial charge in [-0.15, -0.1) is 11.8 Å². The summed E-state index contributed by atoms with van der Waals surface area (Å²) in [6, 6.07) is 2.86. The van der Waals surface area contributed by atoms with Gasteiger partial charge < -0.3 is 20.1 Å². The fraction of sp³-hybridized carbons (Fsp3) is 0.467. The number of methoxy groups -OCH3 is 2. The number of carbonyl (C=O) groups is 2.